The van der Waals surface area contributed by atoms with Crippen LogP contribution < -0.4 is 28.4 Å². The fourth-order valence-corrected chi connectivity index (χ4v) is 12.7. The molecule has 6 unspecified atom stereocenters. The number of aliphatic hydroxyl groups is 6. The average molecular weight is 2220 g/mol. The Balaban J connectivity index is 0.000000244. The summed E-state index contributed by atoms with van der Waals surface area (Å²) in [5, 5.41) is 55.6. The Kier molecular flexibility index (Phi) is 41.6. The molecule has 0 aliphatic rings. The van der Waals surface area contributed by atoms with Crippen molar-refractivity contribution in [2.24, 2.45) is 0 Å². The van der Waals surface area contributed by atoms with E-state index >= 15 is 0 Å². The molecule has 0 aromatic heterocycles. The van der Waals surface area contributed by atoms with Crippen molar-refractivity contribution >= 4 is 11.6 Å². The Morgan fingerprint density at radius 2 is 0.427 bits per heavy atom. The predicted octanol–water partition coefficient (Wildman–Crippen LogP) is 30.8. The zero-order valence-electron chi connectivity index (χ0n) is 74.3. The number of hydrogen-bond donors (Lipinski definition) is 6. The Morgan fingerprint density at radius 1 is 0.180 bits per heavy atom. The second kappa shape index (κ2) is 50.5. The largest absolute Gasteiger partial charge is 0.483 e. The summed E-state index contributed by atoms with van der Waals surface area (Å²) in [6, 6.07) is 38.9. The van der Waals surface area contributed by atoms with Crippen LogP contribution in [0.4, 0.5) is 176 Å². The van der Waals surface area contributed by atoms with E-state index in [9.17, 15) is 206 Å². The van der Waals surface area contributed by atoms with Gasteiger partial charge in [-0.3, -0.25) is 0 Å². The Morgan fingerprint density at radius 3 is 0.753 bits per heavy atom. The molecule has 0 bridgehead atoms. The third-order valence-electron chi connectivity index (χ3n) is 19.8. The highest BCUT2D eigenvalue weighted by Gasteiger charge is 2.43. The van der Waals surface area contributed by atoms with Gasteiger partial charge in [0, 0.05) is 0 Å². The molecule has 0 aliphatic heterocycles. The highest BCUT2D eigenvalue weighted by atomic mass is 35.5. The molecule has 0 fully saturated rings. The summed E-state index contributed by atoms with van der Waals surface area (Å²) >= 11 is 5.74. The third kappa shape index (κ3) is 37.4. The standard InChI is InChI=1S/C17H11F9O2.C16H11ClF6O2.C16H11F7O2.3C16H12F6O2/c18-15(19,20)10-3-1-2-9(4-10)14(8-27)28-13-6-11(16(21,22)23)5-12(7-13)17(24,25)26;17-12-7-11(16(21,22)23)4-5-13(12)25-14(8-24)9-2-1-3-10(6-9)15(18,19)20;17-12-5-4-11(16(21,22)23)7-13(12)25-14(8-24)9-2-1-3-10(6-9)15(18,19)20;17-15(18,19)11-3-1-10(2-4-11)14(9-23)24-13-7-5-12(6-8-13)16(20,21)22;17-15(18,19)11-6-4-10(5-7-11)14(9-23)24-13-3-1-2-12(8-13)16(20,21)22;17-15(18,19)11-7-5-10(6-8-11)14(9-23)24-13-4-2-1-3-12(13)16(20,21)22/h1-7,14,27H,8H2;2*1-7,14,24H,8H2;3*1-8,14,23H,9H2. The molecule has 816 valence electrons. The number of ether oxygens (including phenoxy) is 6. The van der Waals surface area contributed by atoms with E-state index in [0.29, 0.717) is 42.5 Å². The summed E-state index contributed by atoms with van der Waals surface area (Å²) in [6.07, 6.45) is -68.4. The molecule has 0 saturated carbocycles. The quantitative estimate of drug-likeness (QED) is 0.0316. The van der Waals surface area contributed by atoms with Crippen LogP contribution in [-0.2, 0) is 80.3 Å². The van der Waals surface area contributed by atoms with E-state index in [1.807, 2.05) is 0 Å². The molecule has 6 atom stereocenters. The van der Waals surface area contributed by atoms with Gasteiger partial charge in [0.1, 0.15) is 65.4 Å². The fourth-order valence-electron chi connectivity index (χ4n) is 12.4. The summed E-state index contributed by atoms with van der Waals surface area (Å²) in [5.41, 5.74) is -13.8. The van der Waals surface area contributed by atoms with Gasteiger partial charge < -0.3 is 59.1 Å². The van der Waals surface area contributed by atoms with E-state index in [1.54, 1.807) is 0 Å². The molecule has 6 N–H and O–H groups in total. The highest BCUT2D eigenvalue weighted by Crippen LogP contribution is 2.47. The maximum absolute atomic E-state index is 13.7. The minimum absolute atomic E-state index is 0.00768. The first-order valence-corrected chi connectivity index (χ1v) is 41.7. The molecule has 0 heterocycles. The molecule has 12 aromatic carbocycles. The number of rotatable bonds is 24. The second-order valence-corrected chi connectivity index (χ2v) is 30.9. The maximum atomic E-state index is 13.7. The van der Waals surface area contributed by atoms with E-state index in [0.717, 1.165) is 182 Å². The minimum atomic E-state index is -5.12. The SMILES string of the molecule is OCC(Oc1cc(C(F)(F)F)cc(C(F)(F)F)c1)c1cccc(C(F)(F)F)c1.OCC(Oc1cc(C(F)(F)F)ccc1F)c1cccc(C(F)(F)F)c1.OCC(Oc1ccc(C(F)(F)F)cc1)c1ccc(C(F)(F)F)cc1.OCC(Oc1ccc(C(F)(F)F)cc1Cl)c1cccc(C(F)(F)F)c1.OCC(Oc1cccc(C(F)(F)F)c1)c1ccc(C(F)(F)F)cc1.OCC(Oc1ccccc1C(F)(F)F)c1ccc(C(F)(F)F)cc1. The summed E-state index contributed by atoms with van der Waals surface area (Å²) in [5.74, 6) is -3.66. The van der Waals surface area contributed by atoms with Gasteiger partial charge in [0.25, 0.3) is 0 Å². The van der Waals surface area contributed by atoms with Crippen LogP contribution in [0.1, 0.15) is 142 Å². The molecule has 53 heteroatoms. The van der Waals surface area contributed by atoms with Crippen LogP contribution in [0.15, 0.2) is 273 Å². The van der Waals surface area contributed by atoms with Gasteiger partial charge in [-0.05, 0) is 215 Å². The number of hydrogen-bond acceptors (Lipinski definition) is 12. The lowest BCUT2D eigenvalue weighted by Gasteiger charge is -2.21. The summed E-state index contributed by atoms with van der Waals surface area (Å²) in [7, 11) is 0. The zero-order chi connectivity index (χ0) is 113. The molecule has 12 aromatic rings. The molecule has 0 saturated heterocycles. The lowest BCUT2D eigenvalue weighted by molar-refractivity contribution is -0.144. The Bertz CT molecular complexity index is 6240. The van der Waals surface area contributed by atoms with Crippen molar-refractivity contribution < 1.29 is 235 Å². The van der Waals surface area contributed by atoms with E-state index < -0.39 is 252 Å². The maximum Gasteiger partial charge on any atom is 0.419 e. The lowest BCUT2D eigenvalue weighted by atomic mass is 10.1. The first-order chi connectivity index (χ1) is 69.1. The third-order valence-corrected chi connectivity index (χ3v) is 20.1. The highest BCUT2D eigenvalue weighted by molar-refractivity contribution is 6.32. The van der Waals surface area contributed by atoms with Crippen LogP contribution in [0, 0.1) is 5.82 Å². The molecule has 0 aliphatic carbocycles. The molecule has 0 spiro atoms. The number of benzene rings is 12. The van der Waals surface area contributed by atoms with E-state index in [-0.39, 0.29) is 73.9 Å². The molecular formula is C97H69ClF40O12. The van der Waals surface area contributed by atoms with Gasteiger partial charge in [-0.15, -0.1) is 0 Å². The van der Waals surface area contributed by atoms with Gasteiger partial charge in [0.05, 0.1) is 117 Å². The molecule has 0 amide bonds. The monoisotopic (exact) mass is 2220 g/mol. The van der Waals surface area contributed by atoms with Gasteiger partial charge in [0.2, 0.25) is 0 Å². The van der Waals surface area contributed by atoms with Crippen LogP contribution in [-0.4, -0.2) is 70.3 Å². The number of aliphatic hydroxyl groups excluding tert-OH is 6. The van der Waals surface area contributed by atoms with Gasteiger partial charge in [-0.1, -0.05) is 103 Å². The van der Waals surface area contributed by atoms with E-state index in [4.69, 9.17) is 40.0 Å². The van der Waals surface area contributed by atoms with E-state index in [2.05, 4.69) is 0 Å². The number of halogens is 41. The van der Waals surface area contributed by atoms with Crippen molar-refractivity contribution in [2.75, 3.05) is 39.6 Å². The summed E-state index contributed by atoms with van der Waals surface area (Å²) in [4.78, 5) is 0. The topological polar surface area (TPSA) is 177 Å². The molecule has 12 nitrogen and oxygen atoms in total. The van der Waals surface area contributed by atoms with Crippen LogP contribution >= 0.6 is 11.6 Å². The van der Waals surface area contributed by atoms with Crippen molar-refractivity contribution in [3.05, 3.63) is 390 Å². The van der Waals surface area contributed by atoms with Gasteiger partial charge in [0.15, 0.2) is 11.6 Å². The average Bonchev–Trinajstić information content (AvgIpc) is 0.622. The molecular weight excluding hydrogens is 2150 g/mol. The van der Waals surface area contributed by atoms with Crippen molar-refractivity contribution in [3.63, 3.8) is 0 Å². The van der Waals surface area contributed by atoms with Crippen molar-refractivity contribution in [3.8, 4) is 34.5 Å². The minimum Gasteiger partial charge on any atom is -0.483 e. The van der Waals surface area contributed by atoms with Crippen LogP contribution in [0.3, 0.4) is 0 Å². The lowest BCUT2D eigenvalue weighted by Crippen LogP contribution is -2.16. The smallest absolute Gasteiger partial charge is 0.419 e. The molecule has 12 rings (SSSR count). The number of alkyl halides is 39. The summed E-state index contributed by atoms with van der Waals surface area (Å²) < 4.78 is 539. The van der Waals surface area contributed by atoms with Gasteiger partial charge in [-0.2, -0.15) is 171 Å². The Hall–Kier alpha value is -13.3. The number of para-hydroxylation sites is 1. The molecule has 150 heavy (non-hydrogen) atoms. The van der Waals surface area contributed by atoms with Crippen molar-refractivity contribution in [1.82, 2.24) is 0 Å². The van der Waals surface area contributed by atoms with Crippen LogP contribution in [0.25, 0.3) is 0 Å². The molecule has 0 radical (unpaired) electrons. The van der Waals surface area contributed by atoms with Crippen molar-refractivity contribution in [2.45, 2.75) is 117 Å². The Labute approximate surface area is 824 Å². The van der Waals surface area contributed by atoms with Crippen LogP contribution in [0.2, 0.25) is 5.02 Å². The van der Waals surface area contributed by atoms with Gasteiger partial charge in [-0.25, -0.2) is 4.39 Å². The normalized spacial score (nSPS) is 13.7. The first-order valence-electron chi connectivity index (χ1n) is 41.3. The summed E-state index contributed by atoms with van der Waals surface area (Å²) in [6.45, 7) is -4.40. The predicted molar refractivity (Wildman–Crippen MR) is 450 cm³/mol. The van der Waals surface area contributed by atoms with Crippen molar-refractivity contribution in [1.29, 1.82) is 0 Å². The van der Waals surface area contributed by atoms with E-state index in [1.165, 1.54) is 30.3 Å². The zero-order valence-corrected chi connectivity index (χ0v) is 75.1. The van der Waals surface area contributed by atoms with Gasteiger partial charge >= 0.3 is 80.3 Å². The first kappa shape index (κ1) is 124. The van der Waals surface area contributed by atoms with Crippen LogP contribution in [0.5, 0.6) is 34.5 Å². The second-order valence-electron chi connectivity index (χ2n) is 30.5. The fraction of sp³-hybridized carbons (Fsp3) is 0.258.